The number of aromatic nitrogens is 2. The third-order valence-corrected chi connectivity index (χ3v) is 5.37. The van der Waals surface area contributed by atoms with Gasteiger partial charge in [0.05, 0.1) is 13.2 Å². The molecule has 1 aromatic carbocycles. The second kappa shape index (κ2) is 9.41. The summed E-state index contributed by atoms with van der Waals surface area (Å²) in [5.74, 6) is 0.675. The number of aryl methyl sites for hydroxylation is 1. The number of aromatic amines is 1. The number of β-amino-alcohol motifs (C(OH)–C–C–N with tert-alkyl or cyclic N) is 1. The summed E-state index contributed by atoms with van der Waals surface area (Å²) < 4.78 is 5.28. The van der Waals surface area contributed by atoms with E-state index in [2.05, 4.69) is 9.97 Å². The minimum absolute atomic E-state index is 0.00590. The molecule has 8 heteroatoms. The van der Waals surface area contributed by atoms with E-state index < -0.39 is 6.10 Å². The largest absolute Gasteiger partial charge is 0.497 e. The van der Waals surface area contributed by atoms with Crippen molar-refractivity contribution >= 4 is 23.3 Å². The fourth-order valence-corrected chi connectivity index (χ4v) is 3.81. The Kier molecular flexibility index (Phi) is 6.68. The number of nitrogens with one attached hydrogen (secondary N) is 1. The van der Waals surface area contributed by atoms with Gasteiger partial charge < -0.3 is 24.8 Å². The zero-order chi connectivity index (χ0) is 21.7. The van der Waals surface area contributed by atoms with Crippen LogP contribution in [-0.2, 0) is 11.2 Å². The standard InChI is InChI=1S/C21H23N3O3.CH2O2/c1-13-17-10-16(27-2)6-7-18(17)23-20(13)21(26)24-11-14(19(25)12-24)9-15-5-3-4-8-22-15;2-1-3/h3-8,10,14,19,23,25H,9,11-12H2,1-2H3;1H,(H,2,3)/t14-,19-;/m1./s1. The zero-order valence-corrected chi connectivity index (χ0v) is 16.9. The van der Waals surface area contributed by atoms with Gasteiger partial charge in [0.2, 0.25) is 0 Å². The average Bonchev–Trinajstić information content (AvgIpc) is 3.28. The van der Waals surface area contributed by atoms with Crippen molar-refractivity contribution in [3.8, 4) is 5.75 Å². The number of H-pyrrole nitrogens is 1. The Morgan fingerprint density at radius 2 is 2.10 bits per heavy atom. The first-order valence-electron chi connectivity index (χ1n) is 9.59. The van der Waals surface area contributed by atoms with Crippen LogP contribution >= 0.6 is 0 Å². The SMILES string of the molecule is COc1ccc2[nH]c(C(=O)N3C[C@@H](Cc4ccccn4)[C@H](O)C3)c(C)c2c1.O=CO. The molecule has 8 nitrogen and oxygen atoms in total. The molecule has 2 aromatic heterocycles. The van der Waals surface area contributed by atoms with Gasteiger partial charge in [0.25, 0.3) is 12.4 Å². The molecule has 0 saturated carbocycles. The maximum absolute atomic E-state index is 13.1. The number of carbonyl (C=O) groups is 2. The number of ether oxygens (including phenoxy) is 1. The van der Waals surface area contributed by atoms with Crippen LogP contribution in [0.1, 0.15) is 21.7 Å². The van der Waals surface area contributed by atoms with Gasteiger partial charge in [-0.05, 0) is 49.2 Å². The van der Waals surface area contributed by atoms with Crippen LogP contribution in [-0.4, -0.2) is 63.8 Å². The molecule has 0 aliphatic carbocycles. The van der Waals surface area contributed by atoms with Crippen LogP contribution in [0.3, 0.4) is 0 Å². The van der Waals surface area contributed by atoms with Crippen LogP contribution in [0.4, 0.5) is 0 Å². The lowest BCUT2D eigenvalue weighted by molar-refractivity contribution is -0.122. The number of aliphatic hydroxyl groups excluding tert-OH is 1. The van der Waals surface area contributed by atoms with Crippen LogP contribution in [0.15, 0.2) is 42.6 Å². The van der Waals surface area contributed by atoms with Gasteiger partial charge in [0, 0.05) is 41.8 Å². The number of methoxy groups -OCH3 is 1. The molecular weight excluding hydrogens is 386 g/mol. The average molecular weight is 411 g/mol. The molecule has 0 bridgehead atoms. The highest BCUT2D eigenvalue weighted by Crippen LogP contribution is 2.28. The number of amides is 1. The van der Waals surface area contributed by atoms with Crippen molar-refractivity contribution in [2.75, 3.05) is 20.2 Å². The second-order valence-corrected chi connectivity index (χ2v) is 7.20. The Morgan fingerprint density at radius 1 is 1.33 bits per heavy atom. The highest BCUT2D eigenvalue weighted by Gasteiger charge is 2.35. The molecule has 2 atom stereocenters. The summed E-state index contributed by atoms with van der Waals surface area (Å²) in [4.78, 5) is 30.7. The minimum Gasteiger partial charge on any atom is -0.497 e. The first kappa shape index (κ1) is 21.3. The summed E-state index contributed by atoms with van der Waals surface area (Å²) in [6.07, 6.45) is 1.87. The van der Waals surface area contributed by atoms with Gasteiger partial charge in [-0.3, -0.25) is 14.6 Å². The molecule has 0 spiro atoms. The smallest absolute Gasteiger partial charge is 0.290 e. The monoisotopic (exact) mass is 411 g/mol. The van der Waals surface area contributed by atoms with Crippen molar-refractivity contribution in [3.05, 3.63) is 59.5 Å². The Labute approximate surface area is 174 Å². The van der Waals surface area contributed by atoms with Crippen molar-refractivity contribution in [1.82, 2.24) is 14.9 Å². The fraction of sp³-hybridized carbons (Fsp3) is 0.318. The molecule has 1 amide bonds. The Bertz CT molecular complexity index is 1020. The fourth-order valence-electron chi connectivity index (χ4n) is 3.81. The van der Waals surface area contributed by atoms with Crippen LogP contribution in [0, 0.1) is 12.8 Å². The molecular formula is C22H25N3O5. The number of carbonyl (C=O) groups excluding carboxylic acids is 1. The van der Waals surface area contributed by atoms with E-state index in [0.29, 0.717) is 25.2 Å². The van der Waals surface area contributed by atoms with Crippen molar-refractivity contribution in [3.63, 3.8) is 0 Å². The van der Waals surface area contributed by atoms with Crippen molar-refractivity contribution in [1.29, 1.82) is 0 Å². The second-order valence-electron chi connectivity index (χ2n) is 7.20. The maximum atomic E-state index is 13.1. The number of aliphatic hydroxyl groups is 1. The molecule has 3 aromatic rings. The highest BCUT2D eigenvalue weighted by molar-refractivity contribution is 6.01. The lowest BCUT2D eigenvalue weighted by Crippen LogP contribution is -2.30. The van der Waals surface area contributed by atoms with Gasteiger partial charge in [0.1, 0.15) is 11.4 Å². The number of fused-ring (bicyclic) bond motifs is 1. The summed E-state index contributed by atoms with van der Waals surface area (Å²) >= 11 is 0. The number of nitrogens with zero attached hydrogens (tertiary/aromatic N) is 2. The van der Waals surface area contributed by atoms with E-state index in [1.807, 2.05) is 43.3 Å². The molecule has 0 radical (unpaired) electrons. The van der Waals surface area contributed by atoms with Gasteiger partial charge >= 0.3 is 0 Å². The van der Waals surface area contributed by atoms with Crippen molar-refractivity contribution in [2.45, 2.75) is 19.4 Å². The van der Waals surface area contributed by atoms with E-state index in [-0.39, 0.29) is 18.3 Å². The van der Waals surface area contributed by atoms with Crippen LogP contribution in [0.5, 0.6) is 5.75 Å². The molecule has 30 heavy (non-hydrogen) atoms. The van der Waals surface area contributed by atoms with Gasteiger partial charge in [-0.2, -0.15) is 0 Å². The molecule has 0 unspecified atom stereocenters. The lowest BCUT2D eigenvalue weighted by atomic mass is 10.00. The summed E-state index contributed by atoms with van der Waals surface area (Å²) in [6.45, 7) is 2.55. The quantitative estimate of drug-likeness (QED) is 0.567. The van der Waals surface area contributed by atoms with Crippen molar-refractivity contribution < 1.29 is 24.5 Å². The number of rotatable bonds is 4. The van der Waals surface area contributed by atoms with Gasteiger partial charge in [-0.15, -0.1) is 0 Å². The van der Waals surface area contributed by atoms with Crippen LogP contribution in [0.25, 0.3) is 10.9 Å². The minimum atomic E-state index is -0.541. The van der Waals surface area contributed by atoms with E-state index in [0.717, 1.165) is 27.9 Å². The zero-order valence-electron chi connectivity index (χ0n) is 16.9. The third kappa shape index (κ3) is 4.44. The van der Waals surface area contributed by atoms with E-state index in [1.165, 1.54) is 0 Å². The maximum Gasteiger partial charge on any atom is 0.290 e. The Hall–Kier alpha value is -3.39. The molecule has 1 fully saturated rings. The summed E-state index contributed by atoms with van der Waals surface area (Å²) in [6, 6.07) is 11.5. The number of carboxylic acid groups (broad SMARTS) is 1. The van der Waals surface area contributed by atoms with Gasteiger partial charge in [-0.25, -0.2) is 0 Å². The van der Waals surface area contributed by atoms with E-state index in [9.17, 15) is 9.90 Å². The predicted octanol–water partition coefficient (Wildman–Crippen LogP) is 2.26. The molecule has 1 saturated heterocycles. The number of hydrogen-bond donors (Lipinski definition) is 3. The summed E-state index contributed by atoms with van der Waals surface area (Å²) in [7, 11) is 1.63. The Morgan fingerprint density at radius 3 is 2.77 bits per heavy atom. The predicted molar refractivity (Wildman–Crippen MR) is 112 cm³/mol. The van der Waals surface area contributed by atoms with E-state index in [1.54, 1.807) is 18.2 Å². The lowest BCUT2D eigenvalue weighted by Gasteiger charge is -2.16. The first-order chi connectivity index (χ1) is 14.5. The van der Waals surface area contributed by atoms with Gasteiger partial charge in [0.15, 0.2) is 0 Å². The van der Waals surface area contributed by atoms with Crippen LogP contribution in [0.2, 0.25) is 0 Å². The number of hydrogen-bond acceptors (Lipinski definition) is 5. The summed E-state index contributed by atoms with van der Waals surface area (Å²) in [5, 5.41) is 18.3. The molecule has 3 heterocycles. The molecule has 158 valence electrons. The first-order valence-corrected chi connectivity index (χ1v) is 9.59. The van der Waals surface area contributed by atoms with Gasteiger partial charge in [-0.1, -0.05) is 6.07 Å². The van der Waals surface area contributed by atoms with E-state index in [4.69, 9.17) is 14.6 Å². The normalized spacial score (nSPS) is 18.0. The molecule has 1 aliphatic heterocycles. The highest BCUT2D eigenvalue weighted by atomic mass is 16.5. The summed E-state index contributed by atoms with van der Waals surface area (Å²) in [5.41, 5.74) is 3.31. The molecule has 4 rings (SSSR count). The number of pyridine rings is 1. The molecule has 3 N–H and O–H groups in total. The molecule has 1 aliphatic rings. The Balaban J connectivity index is 0.000000806. The number of benzene rings is 1. The van der Waals surface area contributed by atoms with E-state index >= 15 is 0 Å². The topological polar surface area (TPSA) is 116 Å². The number of likely N-dealkylation sites (tertiary alicyclic amines) is 1. The van der Waals surface area contributed by atoms with Crippen molar-refractivity contribution in [2.24, 2.45) is 5.92 Å². The third-order valence-electron chi connectivity index (χ3n) is 5.37. The van der Waals surface area contributed by atoms with Crippen LogP contribution < -0.4 is 4.74 Å².